The number of hydrogen-bond donors (Lipinski definition) is 1. The highest BCUT2D eigenvalue weighted by atomic mass is 19.1. The first kappa shape index (κ1) is 16.0. The highest BCUT2D eigenvalue weighted by Gasteiger charge is 2.32. The Bertz CT molecular complexity index is 525. The Hall–Kier alpha value is -1.42. The molecule has 1 aromatic carbocycles. The molecule has 0 heterocycles. The van der Waals surface area contributed by atoms with Crippen molar-refractivity contribution in [3.05, 3.63) is 35.1 Å². The number of benzene rings is 1. The Morgan fingerprint density at radius 3 is 2.71 bits per heavy atom. The van der Waals surface area contributed by atoms with Gasteiger partial charge in [0.1, 0.15) is 5.82 Å². The van der Waals surface area contributed by atoms with Gasteiger partial charge in [-0.25, -0.2) is 9.18 Å². The normalized spacial score (nSPS) is 24.8. The van der Waals surface area contributed by atoms with Crippen LogP contribution in [0.5, 0.6) is 0 Å². The van der Waals surface area contributed by atoms with E-state index in [0.717, 1.165) is 18.9 Å². The number of carbonyl (C=O) groups is 1. The second-order valence-corrected chi connectivity index (χ2v) is 6.96. The van der Waals surface area contributed by atoms with Gasteiger partial charge in [0.15, 0.2) is 0 Å². The van der Waals surface area contributed by atoms with Crippen molar-refractivity contribution in [1.82, 2.24) is 0 Å². The van der Waals surface area contributed by atoms with Gasteiger partial charge in [-0.2, -0.15) is 0 Å². The summed E-state index contributed by atoms with van der Waals surface area (Å²) in [5.74, 6) is -1.03. The highest BCUT2D eigenvalue weighted by molar-refractivity contribution is 5.87. The number of carboxylic acids is 1. The Labute approximate surface area is 125 Å². The molecule has 1 aliphatic carbocycles. The van der Waals surface area contributed by atoms with E-state index in [4.69, 9.17) is 9.84 Å². The molecule has 0 radical (unpaired) electrons. The van der Waals surface area contributed by atoms with Gasteiger partial charge in [0.2, 0.25) is 0 Å². The van der Waals surface area contributed by atoms with Crippen LogP contribution in [0.2, 0.25) is 0 Å². The molecule has 3 nitrogen and oxygen atoms in total. The van der Waals surface area contributed by atoms with E-state index in [0.29, 0.717) is 11.5 Å². The van der Waals surface area contributed by atoms with E-state index in [9.17, 15) is 9.18 Å². The molecule has 1 aliphatic rings. The van der Waals surface area contributed by atoms with Gasteiger partial charge in [-0.15, -0.1) is 0 Å². The number of aromatic carboxylic acids is 1. The molecule has 1 aromatic rings. The maximum absolute atomic E-state index is 13.9. The van der Waals surface area contributed by atoms with E-state index < -0.39 is 11.8 Å². The largest absolute Gasteiger partial charge is 0.478 e. The first-order valence-corrected chi connectivity index (χ1v) is 7.40. The molecule has 0 amide bonds. The molecule has 2 rings (SSSR count). The smallest absolute Gasteiger partial charge is 0.335 e. The van der Waals surface area contributed by atoms with E-state index in [1.165, 1.54) is 18.6 Å². The Kier molecular flexibility index (Phi) is 4.67. The summed E-state index contributed by atoms with van der Waals surface area (Å²) in [5.41, 5.74) is 0.633. The van der Waals surface area contributed by atoms with Gasteiger partial charge in [-0.3, -0.25) is 0 Å². The van der Waals surface area contributed by atoms with E-state index >= 15 is 0 Å². The number of hydrogen-bond acceptors (Lipinski definition) is 2. The summed E-state index contributed by atoms with van der Waals surface area (Å²) >= 11 is 0. The standard InChI is InChI=1S/C17H23FO3/c1-11-6-14(9-17(2,3)8-11)21-10-13-5-4-12(16(19)20)7-15(13)18/h4-5,7,11,14H,6,8-10H2,1-3H3,(H,19,20). The summed E-state index contributed by atoms with van der Waals surface area (Å²) in [6, 6.07) is 3.96. The van der Waals surface area contributed by atoms with Crippen molar-refractivity contribution in [3.8, 4) is 0 Å². The molecule has 1 N–H and O–H groups in total. The molecule has 0 bridgehead atoms. The quantitative estimate of drug-likeness (QED) is 0.902. The zero-order chi connectivity index (χ0) is 15.6. The third-order valence-electron chi connectivity index (χ3n) is 4.12. The van der Waals surface area contributed by atoms with Gasteiger partial charge in [-0.05, 0) is 42.7 Å². The zero-order valence-electron chi connectivity index (χ0n) is 12.9. The van der Waals surface area contributed by atoms with Gasteiger partial charge in [0, 0.05) is 5.56 Å². The molecular weight excluding hydrogens is 271 g/mol. The van der Waals surface area contributed by atoms with Gasteiger partial charge >= 0.3 is 5.97 Å². The predicted octanol–water partition coefficient (Wildman–Crippen LogP) is 4.26. The summed E-state index contributed by atoms with van der Waals surface area (Å²) < 4.78 is 19.7. The third-order valence-corrected chi connectivity index (χ3v) is 4.12. The summed E-state index contributed by atoms with van der Waals surface area (Å²) in [5, 5.41) is 8.82. The molecule has 0 aliphatic heterocycles. The van der Waals surface area contributed by atoms with Gasteiger partial charge in [0.25, 0.3) is 0 Å². The van der Waals surface area contributed by atoms with Crippen molar-refractivity contribution >= 4 is 5.97 Å². The van der Waals surface area contributed by atoms with Crippen LogP contribution in [-0.4, -0.2) is 17.2 Å². The minimum absolute atomic E-state index is 0.0383. The van der Waals surface area contributed by atoms with E-state index in [1.807, 2.05) is 0 Å². The second kappa shape index (κ2) is 6.14. The van der Waals surface area contributed by atoms with Gasteiger partial charge in [-0.1, -0.05) is 26.8 Å². The van der Waals surface area contributed by atoms with E-state index in [-0.39, 0.29) is 23.7 Å². The topological polar surface area (TPSA) is 46.5 Å². The fraction of sp³-hybridized carbons (Fsp3) is 0.588. The Morgan fingerprint density at radius 2 is 2.14 bits per heavy atom. The van der Waals surface area contributed by atoms with Crippen LogP contribution in [0.25, 0.3) is 0 Å². The van der Waals surface area contributed by atoms with Crippen molar-refractivity contribution in [1.29, 1.82) is 0 Å². The fourth-order valence-corrected chi connectivity index (χ4v) is 3.39. The molecule has 1 fully saturated rings. The van der Waals surface area contributed by atoms with Crippen LogP contribution in [0.3, 0.4) is 0 Å². The monoisotopic (exact) mass is 294 g/mol. The number of halogens is 1. The van der Waals surface area contributed by atoms with Gasteiger partial charge in [0.05, 0.1) is 18.3 Å². The molecule has 2 unspecified atom stereocenters. The second-order valence-electron chi connectivity index (χ2n) is 6.96. The molecule has 0 spiro atoms. The van der Waals surface area contributed by atoms with Crippen LogP contribution in [0.15, 0.2) is 18.2 Å². The molecule has 21 heavy (non-hydrogen) atoms. The Morgan fingerprint density at radius 1 is 1.43 bits per heavy atom. The van der Waals surface area contributed by atoms with E-state index in [2.05, 4.69) is 20.8 Å². The van der Waals surface area contributed by atoms with Crippen molar-refractivity contribution < 1.29 is 19.0 Å². The lowest BCUT2D eigenvalue weighted by Gasteiger charge is -2.38. The minimum Gasteiger partial charge on any atom is -0.478 e. The average Bonchev–Trinajstić information content (AvgIpc) is 2.34. The maximum atomic E-state index is 13.9. The summed E-state index contributed by atoms with van der Waals surface area (Å²) in [6.45, 7) is 6.89. The lowest BCUT2D eigenvalue weighted by atomic mass is 9.71. The average molecular weight is 294 g/mol. The number of carboxylic acid groups (broad SMARTS) is 1. The molecule has 116 valence electrons. The van der Waals surface area contributed by atoms with Gasteiger partial charge < -0.3 is 9.84 Å². The van der Waals surface area contributed by atoms with Crippen molar-refractivity contribution in [3.63, 3.8) is 0 Å². The number of ether oxygens (including phenoxy) is 1. The van der Waals surface area contributed by atoms with Crippen LogP contribution in [0.4, 0.5) is 4.39 Å². The first-order valence-electron chi connectivity index (χ1n) is 7.40. The van der Waals surface area contributed by atoms with Crippen molar-refractivity contribution in [2.75, 3.05) is 0 Å². The Balaban J connectivity index is 1.98. The third kappa shape index (κ3) is 4.27. The van der Waals surface area contributed by atoms with Crippen LogP contribution in [0.1, 0.15) is 56.0 Å². The molecule has 0 aromatic heterocycles. The van der Waals surface area contributed by atoms with Crippen molar-refractivity contribution in [2.24, 2.45) is 11.3 Å². The molecule has 4 heteroatoms. The summed E-state index contributed by atoms with van der Waals surface area (Å²) in [6.07, 6.45) is 3.31. The highest BCUT2D eigenvalue weighted by Crippen LogP contribution is 2.39. The molecule has 1 saturated carbocycles. The van der Waals surface area contributed by atoms with Crippen LogP contribution >= 0.6 is 0 Å². The maximum Gasteiger partial charge on any atom is 0.335 e. The fourth-order valence-electron chi connectivity index (χ4n) is 3.39. The van der Waals surface area contributed by atoms with E-state index in [1.54, 1.807) is 0 Å². The van der Waals surface area contributed by atoms with Crippen LogP contribution in [-0.2, 0) is 11.3 Å². The van der Waals surface area contributed by atoms with Crippen LogP contribution < -0.4 is 0 Å². The molecular formula is C17H23FO3. The lowest BCUT2D eigenvalue weighted by Crippen LogP contribution is -2.32. The molecule has 0 saturated heterocycles. The molecule has 2 atom stereocenters. The van der Waals surface area contributed by atoms with Crippen LogP contribution in [0, 0.1) is 17.2 Å². The predicted molar refractivity (Wildman–Crippen MR) is 78.7 cm³/mol. The lowest BCUT2D eigenvalue weighted by molar-refractivity contribution is -0.0324. The zero-order valence-corrected chi connectivity index (χ0v) is 12.9. The van der Waals surface area contributed by atoms with Crippen molar-refractivity contribution in [2.45, 2.75) is 52.7 Å². The first-order chi connectivity index (χ1) is 9.77. The SMILES string of the molecule is CC1CC(OCc2ccc(C(=O)O)cc2F)CC(C)(C)C1. The number of rotatable bonds is 4. The minimum atomic E-state index is -1.12. The summed E-state index contributed by atoms with van der Waals surface area (Å²) in [4.78, 5) is 10.8. The summed E-state index contributed by atoms with van der Waals surface area (Å²) in [7, 11) is 0.